The van der Waals surface area contributed by atoms with Crippen molar-refractivity contribution in [3.63, 3.8) is 0 Å². The first-order valence-corrected chi connectivity index (χ1v) is 18.0. The van der Waals surface area contributed by atoms with Crippen LogP contribution in [0, 0.1) is 0 Å². The molecule has 1 saturated heterocycles. The average molecular weight is 412 g/mol. The Morgan fingerprint density at radius 3 is 2.32 bits per heavy atom. The number of rotatable bonds is 2. The van der Waals surface area contributed by atoms with E-state index >= 15 is 0 Å². The molecule has 0 unspecified atom stereocenters. The van der Waals surface area contributed by atoms with Crippen LogP contribution in [0.3, 0.4) is 0 Å². The molecule has 0 N–H and O–H groups in total. The van der Waals surface area contributed by atoms with Gasteiger partial charge in [-0.05, 0) is 0 Å². The molecule has 0 saturated carbocycles. The fourth-order valence-electron chi connectivity index (χ4n) is 2.64. The Balaban J connectivity index is 2.32. The number of ether oxygens (including phenoxy) is 2. The molecule has 22 heavy (non-hydrogen) atoms. The monoisotopic (exact) mass is 413 g/mol. The topological polar surface area (TPSA) is 38.8 Å². The number of benzene rings is 1. The van der Waals surface area contributed by atoms with E-state index in [1.165, 1.54) is 0 Å². The molecule has 2 atom stereocenters. The van der Waals surface area contributed by atoms with Crippen molar-refractivity contribution >= 4 is 24.5 Å². The molecule has 1 aromatic carbocycles. The van der Waals surface area contributed by atoms with Crippen molar-refractivity contribution in [2.75, 3.05) is 6.61 Å². The zero-order valence-electron chi connectivity index (χ0n) is 14.4. The summed E-state index contributed by atoms with van der Waals surface area (Å²) in [6, 6.07) is 10.0. The van der Waals surface area contributed by atoms with Gasteiger partial charge in [-0.15, -0.1) is 0 Å². The summed E-state index contributed by atoms with van der Waals surface area (Å²) in [6.07, 6.45) is -0.268. The summed E-state index contributed by atoms with van der Waals surface area (Å²) in [5.74, 6) is 0. The Morgan fingerprint density at radius 1 is 1.23 bits per heavy atom. The third-order valence-electron chi connectivity index (χ3n) is 3.53. The van der Waals surface area contributed by atoms with Gasteiger partial charge >= 0.3 is 138 Å². The van der Waals surface area contributed by atoms with Crippen molar-refractivity contribution < 1.29 is 14.3 Å². The zero-order valence-corrected chi connectivity index (χ0v) is 17.3. The maximum atomic E-state index is 12.8. The third-order valence-corrected chi connectivity index (χ3v) is 9.03. The molecule has 1 aliphatic rings. The van der Waals surface area contributed by atoms with E-state index < -0.39 is 24.0 Å². The molecule has 0 aromatic heterocycles. The summed E-state index contributed by atoms with van der Waals surface area (Å²) >= 11 is -2.47. The molecule has 122 valence electrons. The normalized spacial score (nSPS) is 22.7. The molecule has 1 aromatic rings. The van der Waals surface area contributed by atoms with Crippen LogP contribution in [0.15, 0.2) is 30.3 Å². The van der Waals surface area contributed by atoms with Crippen molar-refractivity contribution in [3.05, 3.63) is 35.9 Å². The Kier molecular flexibility index (Phi) is 5.12. The van der Waals surface area contributed by atoms with Crippen LogP contribution in [0.5, 0.6) is 0 Å². The second-order valence-electron chi connectivity index (χ2n) is 7.87. The Labute approximate surface area is 137 Å². The van der Waals surface area contributed by atoms with Gasteiger partial charge in [-0.3, -0.25) is 0 Å². The summed E-state index contributed by atoms with van der Waals surface area (Å²) in [7, 11) is 0. The first kappa shape index (κ1) is 17.6. The van der Waals surface area contributed by atoms with E-state index in [1.807, 2.05) is 56.0 Å². The minimum absolute atomic E-state index is 0.0584. The third kappa shape index (κ3) is 4.16. The fourth-order valence-corrected chi connectivity index (χ4v) is 7.54. The molecule has 1 aliphatic heterocycles. The molecule has 5 heteroatoms. The summed E-state index contributed by atoms with van der Waals surface area (Å²) < 4.78 is 11.6. The molecule has 2 rings (SSSR count). The Bertz CT molecular complexity index is 519. The zero-order chi connectivity index (χ0) is 16.5. The van der Waals surface area contributed by atoms with Crippen LogP contribution in [0.4, 0.5) is 4.79 Å². The fraction of sp³-hybridized carbons (Fsp3) is 0.588. The first-order chi connectivity index (χ1) is 10.1. The van der Waals surface area contributed by atoms with E-state index in [0.29, 0.717) is 6.61 Å². The van der Waals surface area contributed by atoms with Crippen molar-refractivity contribution in [2.45, 2.75) is 51.5 Å². The number of amides is 1. The van der Waals surface area contributed by atoms with Gasteiger partial charge in [0.1, 0.15) is 0 Å². The van der Waals surface area contributed by atoms with Crippen LogP contribution in [0.2, 0.25) is 14.8 Å². The van der Waals surface area contributed by atoms with Crippen molar-refractivity contribution in [1.29, 1.82) is 0 Å². The molecular weight excluding hydrogens is 385 g/mol. The van der Waals surface area contributed by atoms with E-state index in [9.17, 15) is 4.79 Å². The summed E-state index contributed by atoms with van der Waals surface area (Å²) in [4.78, 5) is 21.4. The van der Waals surface area contributed by atoms with Gasteiger partial charge in [-0.25, -0.2) is 0 Å². The number of nitrogens with zero attached hydrogens (tertiary/aromatic N) is 1. The SMILES string of the molecule is CC(C)(C)OC(=O)N1[C@H]([Sn]([CH3])([CH3])[CH3])OC[C@H]1c1ccccc1. The van der Waals surface area contributed by atoms with Gasteiger partial charge in [-0.1, -0.05) is 0 Å². The molecule has 1 fully saturated rings. The summed E-state index contributed by atoms with van der Waals surface area (Å²) in [5, 5.41) is 0. The van der Waals surface area contributed by atoms with Gasteiger partial charge in [0.25, 0.3) is 0 Å². The second-order valence-corrected chi connectivity index (χ2v) is 22.8. The molecule has 1 heterocycles. The maximum absolute atomic E-state index is 12.8. The molecular formula is C17H27NO3Sn. The van der Waals surface area contributed by atoms with Gasteiger partial charge in [-0.2, -0.15) is 0 Å². The number of carbonyl (C=O) groups excluding carboxylic acids is 1. The number of carbonyl (C=O) groups is 1. The van der Waals surface area contributed by atoms with Crippen LogP contribution in [0.1, 0.15) is 32.4 Å². The van der Waals surface area contributed by atoms with Gasteiger partial charge < -0.3 is 0 Å². The van der Waals surface area contributed by atoms with Gasteiger partial charge in [0.2, 0.25) is 0 Å². The molecule has 0 aliphatic carbocycles. The summed E-state index contributed by atoms with van der Waals surface area (Å²) in [6.45, 7) is 6.24. The van der Waals surface area contributed by atoms with Crippen LogP contribution < -0.4 is 0 Å². The van der Waals surface area contributed by atoms with Gasteiger partial charge in [0.15, 0.2) is 0 Å². The Hall–Kier alpha value is -0.751. The standard InChI is InChI=1S/C14H18NO3.3CH3.Sn/c1-14(2,3)18-13(16)15-10-17-9-12(15)11-7-5-4-6-8-11;;;;/h4-8,10,12H,9H2,1-3H3;3*1H3;/t12-;;;;/m0..../s1. The quantitative estimate of drug-likeness (QED) is 0.684. The van der Waals surface area contributed by atoms with Crippen molar-refractivity contribution in [2.24, 2.45) is 0 Å². The number of hydrogen-bond acceptors (Lipinski definition) is 3. The minimum atomic E-state index is -2.47. The average Bonchev–Trinajstić information content (AvgIpc) is 2.82. The molecule has 0 radical (unpaired) electrons. The van der Waals surface area contributed by atoms with Crippen LogP contribution in [0.25, 0.3) is 0 Å². The summed E-state index contributed by atoms with van der Waals surface area (Å²) in [5.41, 5.74) is 0.602. The van der Waals surface area contributed by atoms with E-state index in [2.05, 4.69) is 14.8 Å². The molecule has 1 amide bonds. The second kappa shape index (κ2) is 6.40. The van der Waals surface area contributed by atoms with E-state index in [-0.39, 0.29) is 16.4 Å². The number of hydrogen-bond donors (Lipinski definition) is 0. The van der Waals surface area contributed by atoms with Gasteiger partial charge in [0.05, 0.1) is 0 Å². The molecule has 0 spiro atoms. The Morgan fingerprint density at radius 2 is 1.82 bits per heavy atom. The predicted molar refractivity (Wildman–Crippen MR) is 90.3 cm³/mol. The molecule has 0 bridgehead atoms. The predicted octanol–water partition coefficient (Wildman–Crippen LogP) is 4.20. The van der Waals surface area contributed by atoms with E-state index in [4.69, 9.17) is 9.47 Å². The van der Waals surface area contributed by atoms with Crippen LogP contribution in [-0.4, -0.2) is 45.8 Å². The van der Waals surface area contributed by atoms with Crippen LogP contribution >= 0.6 is 0 Å². The van der Waals surface area contributed by atoms with Gasteiger partial charge in [0, 0.05) is 0 Å². The van der Waals surface area contributed by atoms with Crippen molar-refractivity contribution in [1.82, 2.24) is 4.90 Å². The van der Waals surface area contributed by atoms with E-state index in [1.54, 1.807) is 0 Å². The van der Waals surface area contributed by atoms with Crippen molar-refractivity contribution in [3.8, 4) is 0 Å². The first-order valence-electron chi connectivity index (χ1n) is 7.77. The van der Waals surface area contributed by atoms with E-state index in [0.717, 1.165) is 5.56 Å². The van der Waals surface area contributed by atoms with Crippen LogP contribution in [-0.2, 0) is 9.47 Å². The molecule has 4 nitrogen and oxygen atoms in total.